The van der Waals surface area contributed by atoms with Gasteiger partial charge in [-0.2, -0.15) is 5.26 Å². The van der Waals surface area contributed by atoms with Gasteiger partial charge in [0.05, 0.1) is 24.1 Å². The number of nitriles is 1. The molecule has 0 unspecified atom stereocenters. The predicted octanol–water partition coefficient (Wildman–Crippen LogP) is 7.78. The molecule has 302 valence electrons. The second-order valence-electron chi connectivity index (χ2n) is 11.7. The quantitative estimate of drug-likeness (QED) is 0.0564. The number of halogens is 20. The van der Waals surface area contributed by atoms with Crippen LogP contribution in [0.3, 0.4) is 0 Å². The van der Waals surface area contributed by atoms with Gasteiger partial charge >= 0.3 is 0 Å². The molecule has 0 amide bonds. The lowest BCUT2D eigenvalue weighted by Gasteiger charge is -2.44. The van der Waals surface area contributed by atoms with Gasteiger partial charge in [-0.25, -0.2) is 87.8 Å². The molecule has 0 saturated heterocycles. The third kappa shape index (κ3) is 7.01. The molecular weight excluding hydrogens is 845 g/mol. The summed E-state index contributed by atoms with van der Waals surface area (Å²) >= 11 is 0. The van der Waals surface area contributed by atoms with E-state index in [0.29, 0.717) is 10.9 Å². The summed E-state index contributed by atoms with van der Waals surface area (Å²) in [5.74, 6) is -70.3. The molecule has 0 saturated carbocycles. The lowest BCUT2D eigenvalue weighted by atomic mass is 9.12. The van der Waals surface area contributed by atoms with Crippen LogP contribution >= 0.6 is 0 Å². The van der Waals surface area contributed by atoms with Gasteiger partial charge in [0, 0.05) is 5.56 Å². The molecule has 0 N–H and O–H groups in total. The summed E-state index contributed by atoms with van der Waals surface area (Å²) in [6, 6.07) is 9.97. The van der Waals surface area contributed by atoms with E-state index in [1.807, 2.05) is 18.2 Å². The average Bonchev–Trinajstić information content (AvgIpc) is 3.17. The van der Waals surface area contributed by atoms with Gasteiger partial charge in [-0.05, 0) is 23.0 Å². The number of nitrogens with zero attached hydrogens (tertiary/aromatic N) is 1. The fraction of sp³-hybridized carbons (Fsp3) is 0.0882. The van der Waals surface area contributed by atoms with E-state index in [2.05, 4.69) is 24.6 Å². The SMILES string of the molecule is C[S+](C)Cc1cccc(C#N)c1.Fc1c(F)c(F)c([B-](c2c(F)c(F)c(F)c(F)c2F)(c2c(F)c(F)c(F)c(F)c2F)c2c(F)c(F)c(F)c(F)c2F)c(F)c1F. The first-order chi connectivity index (χ1) is 26.4. The topological polar surface area (TPSA) is 23.8 Å². The molecule has 0 bridgehead atoms. The Morgan fingerprint density at radius 2 is 0.632 bits per heavy atom. The third-order valence-electron chi connectivity index (χ3n) is 8.22. The molecule has 5 aromatic rings. The molecule has 0 aromatic heterocycles. The van der Waals surface area contributed by atoms with Crippen molar-refractivity contribution in [1.82, 2.24) is 0 Å². The van der Waals surface area contributed by atoms with Gasteiger partial charge in [0.2, 0.25) is 0 Å². The first-order valence-electron chi connectivity index (χ1n) is 14.7. The Bertz CT molecular complexity index is 2120. The standard InChI is InChI=1S/C24BF20.C10H12NS/c26-5-1(6(27)14(35)21(42)13(5)34)25(2-7(28)15(36)22(43)16(37)8(2)29,3-9(30)17(38)23(44)18(39)10(3)31)4-11(32)19(40)24(45)20(41)12(4)33;1-12(2)8-10-5-3-4-9(6-10)7-11/h;3-6H,8H2,1-2H3/q-1;+1. The van der Waals surface area contributed by atoms with Crippen LogP contribution in [-0.4, -0.2) is 18.7 Å². The van der Waals surface area contributed by atoms with Crippen LogP contribution in [-0.2, 0) is 16.6 Å². The lowest BCUT2D eigenvalue weighted by molar-refractivity contribution is 0.378. The zero-order chi connectivity index (χ0) is 43.3. The van der Waals surface area contributed by atoms with E-state index in [1.165, 1.54) is 5.56 Å². The van der Waals surface area contributed by atoms with E-state index in [9.17, 15) is 52.7 Å². The van der Waals surface area contributed by atoms with Crippen molar-refractivity contribution >= 4 is 38.9 Å². The number of hydrogen-bond acceptors (Lipinski definition) is 1. The summed E-state index contributed by atoms with van der Waals surface area (Å²) in [6.07, 6.45) is -2.80. The third-order valence-corrected chi connectivity index (χ3v) is 9.13. The first-order valence-corrected chi connectivity index (χ1v) is 16.9. The maximum absolute atomic E-state index is 15.4. The van der Waals surface area contributed by atoms with Crippen LogP contribution in [0.15, 0.2) is 24.3 Å². The summed E-state index contributed by atoms with van der Waals surface area (Å²) in [6.45, 7) is 0. The summed E-state index contributed by atoms with van der Waals surface area (Å²) in [5, 5.41) is 8.65. The highest BCUT2D eigenvalue weighted by Crippen LogP contribution is 2.30. The Morgan fingerprint density at radius 1 is 0.404 bits per heavy atom. The second kappa shape index (κ2) is 16.2. The average molecular weight is 857 g/mol. The monoisotopic (exact) mass is 857 g/mol. The summed E-state index contributed by atoms with van der Waals surface area (Å²) in [7, 11) is 0.414. The van der Waals surface area contributed by atoms with Crippen molar-refractivity contribution in [1.29, 1.82) is 5.26 Å². The van der Waals surface area contributed by atoms with Crippen LogP contribution in [0.1, 0.15) is 11.1 Å². The largest absolute Gasteiger partial charge is 0.207 e. The highest BCUT2D eigenvalue weighted by molar-refractivity contribution is 7.94. The van der Waals surface area contributed by atoms with Crippen molar-refractivity contribution in [3.8, 4) is 6.07 Å². The molecule has 1 nitrogen and oxygen atoms in total. The van der Waals surface area contributed by atoms with Crippen molar-refractivity contribution in [3.05, 3.63) is 152 Å². The van der Waals surface area contributed by atoms with E-state index in [0.717, 1.165) is 11.3 Å². The Kier molecular flexibility index (Phi) is 12.6. The Balaban J connectivity index is 0.000000512. The van der Waals surface area contributed by atoms with Crippen molar-refractivity contribution in [2.75, 3.05) is 12.5 Å². The highest BCUT2D eigenvalue weighted by Gasteiger charge is 2.52. The molecule has 0 heterocycles. The zero-order valence-electron chi connectivity index (χ0n) is 27.5. The van der Waals surface area contributed by atoms with Crippen LogP contribution in [0.4, 0.5) is 87.8 Å². The minimum Gasteiger partial charge on any atom is -0.207 e. The Labute approximate surface area is 308 Å². The molecule has 0 radical (unpaired) electrons. The molecule has 5 aromatic carbocycles. The molecule has 0 fully saturated rings. The fourth-order valence-electron chi connectivity index (χ4n) is 5.94. The maximum Gasteiger partial charge on any atom is 0.200 e. The number of hydrogen-bond donors (Lipinski definition) is 0. The van der Waals surface area contributed by atoms with Crippen molar-refractivity contribution in [2.45, 2.75) is 5.75 Å². The molecule has 57 heavy (non-hydrogen) atoms. The Morgan fingerprint density at radius 3 is 0.842 bits per heavy atom. The van der Waals surface area contributed by atoms with E-state index >= 15 is 35.1 Å². The lowest BCUT2D eigenvalue weighted by Crippen LogP contribution is -2.81. The van der Waals surface area contributed by atoms with Gasteiger partial charge in [-0.15, -0.1) is 21.9 Å². The molecule has 23 heteroatoms. The molecule has 0 aliphatic rings. The maximum atomic E-state index is 15.4. The van der Waals surface area contributed by atoms with Gasteiger partial charge < -0.3 is 0 Å². The van der Waals surface area contributed by atoms with Crippen LogP contribution in [0.25, 0.3) is 0 Å². The van der Waals surface area contributed by atoms with Crippen molar-refractivity contribution in [3.63, 3.8) is 0 Å². The predicted molar refractivity (Wildman–Crippen MR) is 163 cm³/mol. The van der Waals surface area contributed by atoms with Gasteiger partial charge in [-0.3, -0.25) is 0 Å². The minimum atomic E-state index is -7.22. The van der Waals surface area contributed by atoms with E-state index < -0.39 is 144 Å². The van der Waals surface area contributed by atoms with E-state index in [4.69, 9.17) is 5.26 Å². The van der Waals surface area contributed by atoms with Crippen LogP contribution in [0, 0.1) is 128 Å². The molecule has 0 aliphatic heterocycles. The number of benzene rings is 5. The van der Waals surface area contributed by atoms with Crippen LogP contribution < -0.4 is 21.9 Å². The van der Waals surface area contributed by atoms with Crippen molar-refractivity contribution < 1.29 is 87.8 Å². The van der Waals surface area contributed by atoms with Gasteiger partial charge in [0.1, 0.15) is 58.4 Å². The first kappa shape index (κ1) is 44.3. The van der Waals surface area contributed by atoms with Gasteiger partial charge in [0.15, 0.2) is 69.8 Å². The van der Waals surface area contributed by atoms with E-state index in [1.54, 1.807) is 0 Å². The van der Waals surface area contributed by atoms with Gasteiger partial charge in [-0.1, -0.05) is 12.1 Å². The summed E-state index contributed by atoms with van der Waals surface area (Å²) < 4.78 is 294. The fourth-order valence-corrected chi connectivity index (χ4v) is 6.78. The smallest absolute Gasteiger partial charge is 0.200 e. The molecule has 0 aliphatic carbocycles. The zero-order valence-corrected chi connectivity index (χ0v) is 28.3. The second-order valence-corrected chi connectivity index (χ2v) is 14.0. The van der Waals surface area contributed by atoms with Crippen LogP contribution in [0.5, 0.6) is 0 Å². The molecular formula is C34H12BF20NS. The van der Waals surface area contributed by atoms with Gasteiger partial charge in [0.25, 0.3) is 0 Å². The van der Waals surface area contributed by atoms with Crippen molar-refractivity contribution in [2.24, 2.45) is 0 Å². The molecule has 0 spiro atoms. The molecule has 0 atom stereocenters. The summed E-state index contributed by atoms with van der Waals surface area (Å²) in [4.78, 5) is 0. The normalized spacial score (nSPS) is 11.5. The highest BCUT2D eigenvalue weighted by atomic mass is 32.2. The summed E-state index contributed by atoms with van der Waals surface area (Å²) in [5.41, 5.74) is -12.3. The Hall–Kier alpha value is -5.40. The minimum absolute atomic E-state index is 0.414. The number of rotatable bonds is 6. The van der Waals surface area contributed by atoms with E-state index in [-0.39, 0.29) is 0 Å². The van der Waals surface area contributed by atoms with Crippen LogP contribution in [0.2, 0.25) is 0 Å². The molecule has 5 rings (SSSR count).